The molecule has 0 amide bonds. The van der Waals surface area contributed by atoms with Gasteiger partial charge < -0.3 is 19.5 Å². The second-order valence-electron chi connectivity index (χ2n) is 6.75. The van der Waals surface area contributed by atoms with Crippen molar-refractivity contribution in [3.8, 4) is 17.2 Å². The molecule has 0 saturated carbocycles. The fraction of sp³-hybridized carbons (Fsp3) is 0.421. The van der Waals surface area contributed by atoms with E-state index in [1.165, 1.54) is 0 Å². The van der Waals surface area contributed by atoms with Gasteiger partial charge in [0.2, 0.25) is 0 Å². The van der Waals surface area contributed by atoms with Crippen LogP contribution >= 0.6 is 0 Å². The van der Waals surface area contributed by atoms with Gasteiger partial charge in [0.15, 0.2) is 17.1 Å². The van der Waals surface area contributed by atoms with Crippen LogP contribution in [-0.2, 0) is 13.6 Å². The number of methoxy groups -OCH3 is 1. The SMILES string of the molecule is COc1cc2c(cc1CNc1nc(C(C)C)nc3c1cnn3C)OCCO2. The Hall–Kier alpha value is -3.03. The van der Waals surface area contributed by atoms with Gasteiger partial charge in [-0.15, -0.1) is 0 Å². The van der Waals surface area contributed by atoms with Crippen molar-refractivity contribution in [3.05, 3.63) is 29.7 Å². The van der Waals surface area contributed by atoms with Crippen molar-refractivity contribution in [2.24, 2.45) is 7.05 Å². The zero-order valence-corrected chi connectivity index (χ0v) is 15.9. The van der Waals surface area contributed by atoms with Crippen LogP contribution in [0.4, 0.5) is 5.82 Å². The Balaban J connectivity index is 1.67. The van der Waals surface area contributed by atoms with Gasteiger partial charge >= 0.3 is 0 Å². The highest BCUT2D eigenvalue weighted by Gasteiger charge is 2.18. The molecule has 0 radical (unpaired) electrons. The van der Waals surface area contributed by atoms with Crippen LogP contribution in [0.1, 0.15) is 31.2 Å². The van der Waals surface area contributed by atoms with Crippen molar-refractivity contribution in [3.63, 3.8) is 0 Å². The molecule has 4 rings (SSSR count). The van der Waals surface area contributed by atoms with Gasteiger partial charge in [-0.2, -0.15) is 5.10 Å². The maximum Gasteiger partial charge on any atom is 0.165 e. The summed E-state index contributed by atoms with van der Waals surface area (Å²) >= 11 is 0. The molecule has 0 fully saturated rings. The van der Waals surface area contributed by atoms with Gasteiger partial charge in [0.1, 0.15) is 30.6 Å². The Morgan fingerprint density at radius 1 is 1.19 bits per heavy atom. The summed E-state index contributed by atoms with van der Waals surface area (Å²) in [5.74, 6) is 3.94. The summed E-state index contributed by atoms with van der Waals surface area (Å²) in [5.41, 5.74) is 1.77. The zero-order chi connectivity index (χ0) is 19.0. The number of rotatable bonds is 5. The third-order valence-electron chi connectivity index (χ3n) is 4.52. The first-order valence-corrected chi connectivity index (χ1v) is 8.97. The monoisotopic (exact) mass is 369 g/mol. The molecule has 1 aliphatic rings. The lowest BCUT2D eigenvalue weighted by Crippen LogP contribution is -2.16. The summed E-state index contributed by atoms with van der Waals surface area (Å²) in [6.07, 6.45) is 1.78. The molecule has 142 valence electrons. The summed E-state index contributed by atoms with van der Waals surface area (Å²) < 4.78 is 18.6. The van der Waals surface area contributed by atoms with E-state index in [0.717, 1.165) is 39.7 Å². The van der Waals surface area contributed by atoms with Crippen LogP contribution in [0.2, 0.25) is 0 Å². The van der Waals surface area contributed by atoms with Gasteiger partial charge in [-0.3, -0.25) is 4.68 Å². The van der Waals surface area contributed by atoms with Gasteiger partial charge in [0.05, 0.1) is 18.7 Å². The minimum atomic E-state index is 0.216. The molecule has 0 aliphatic carbocycles. The molecule has 0 spiro atoms. The summed E-state index contributed by atoms with van der Waals surface area (Å²) in [6.45, 7) is 5.77. The lowest BCUT2D eigenvalue weighted by Gasteiger charge is -2.21. The fourth-order valence-electron chi connectivity index (χ4n) is 3.05. The maximum atomic E-state index is 5.69. The van der Waals surface area contributed by atoms with E-state index in [1.54, 1.807) is 18.0 Å². The quantitative estimate of drug-likeness (QED) is 0.740. The predicted molar refractivity (Wildman–Crippen MR) is 102 cm³/mol. The van der Waals surface area contributed by atoms with E-state index in [2.05, 4.69) is 29.2 Å². The Kier molecular flexibility index (Phi) is 4.47. The number of ether oxygens (including phenoxy) is 3. The van der Waals surface area contributed by atoms with Crippen molar-refractivity contribution in [2.45, 2.75) is 26.3 Å². The van der Waals surface area contributed by atoms with E-state index < -0.39 is 0 Å². The van der Waals surface area contributed by atoms with Crippen LogP contribution in [0.25, 0.3) is 11.0 Å². The molecule has 1 aliphatic heterocycles. The molecular weight excluding hydrogens is 346 g/mol. The lowest BCUT2D eigenvalue weighted by molar-refractivity contribution is 0.170. The van der Waals surface area contributed by atoms with Crippen LogP contribution in [-0.4, -0.2) is 40.1 Å². The Bertz CT molecular complexity index is 983. The molecule has 3 heterocycles. The van der Waals surface area contributed by atoms with E-state index in [1.807, 2.05) is 19.2 Å². The van der Waals surface area contributed by atoms with Crippen molar-refractivity contribution in [2.75, 3.05) is 25.6 Å². The van der Waals surface area contributed by atoms with Gasteiger partial charge in [-0.25, -0.2) is 9.97 Å². The fourth-order valence-corrected chi connectivity index (χ4v) is 3.05. The first kappa shape index (κ1) is 17.4. The molecule has 0 atom stereocenters. The van der Waals surface area contributed by atoms with E-state index >= 15 is 0 Å². The average Bonchev–Trinajstić information content (AvgIpc) is 3.06. The molecule has 8 nitrogen and oxygen atoms in total. The highest BCUT2D eigenvalue weighted by Crippen LogP contribution is 2.37. The number of hydrogen-bond acceptors (Lipinski definition) is 7. The highest BCUT2D eigenvalue weighted by molar-refractivity contribution is 5.86. The number of aryl methyl sites for hydroxylation is 1. The normalized spacial score (nSPS) is 13.2. The summed E-state index contributed by atoms with van der Waals surface area (Å²) in [4.78, 5) is 9.33. The zero-order valence-electron chi connectivity index (χ0n) is 15.9. The van der Waals surface area contributed by atoms with E-state index in [9.17, 15) is 0 Å². The molecule has 1 aromatic carbocycles. The van der Waals surface area contributed by atoms with Crippen LogP contribution in [0.5, 0.6) is 17.2 Å². The lowest BCUT2D eigenvalue weighted by atomic mass is 10.1. The molecule has 0 unspecified atom stereocenters. The van der Waals surface area contributed by atoms with Crippen molar-refractivity contribution < 1.29 is 14.2 Å². The number of aromatic nitrogens is 4. The van der Waals surface area contributed by atoms with Crippen LogP contribution < -0.4 is 19.5 Å². The standard InChI is InChI=1S/C19H23N5O3/c1-11(2)17-22-18(13-10-21-24(3)19(13)23-17)20-9-12-7-15-16(8-14(12)25-4)27-6-5-26-15/h7-8,10-11H,5-6,9H2,1-4H3,(H,20,22,23). The topological polar surface area (TPSA) is 83.3 Å². The van der Waals surface area contributed by atoms with Crippen molar-refractivity contribution >= 4 is 16.9 Å². The van der Waals surface area contributed by atoms with E-state index in [-0.39, 0.29) is 5.92 Å². The van der Waals surface area contributed by atoms with Crippen LogP contribution in [0, 0.1) is 0 Å². The molecule has 27 heavy (non-hydrogen) atoms. The molecule has 0 bridgehead atoms. The van der Waals surface area contributed by atoms with E-state index in [4.69, 9.17) is 19.2 Å². The van der Waals surface area contributed by atoms with Gasteiger partial charge in [-0.1, -0.05) is 13.8 Å². The molecular formula is C19H23N5O3. The minimum Gasteiger partial charge on any atom is -0.496 e. The number of benzene rings is 1. The molecule has 8 heteroatoms. The molecule has 2 aromatic heterocycles. The van der Waals surface area contributed by atoms with Crippen LogP contribution in [0.15, 0.2) is 18.3 Å². The second-order valence-corrected chi connectivity index (χ2v) is 6.75. The molecule has 0 saturated heterocycles. The number of anilines is 1. The summed E-state index contributed by atoms with van der Waals surface area (Å²) in [5, 5.41) is 8.62. The van der Waals surface area contributed by atoms with Crippen molar-refractivity contribution in [1.29, 1.82) is 0 Å². The van der Waals surface area contributed by atoms with E-state index in [0.29, 0.717) is 25.5 Å². The molecule has 1 N–H and O–H groups in total. The summed E-state index contributed by atoms with van der Waals surface area (Å²) in [7, 11) is 3.53. The van der Waals surface area contributed by atoms with Gasteiger partial charge in [0, 0.05) is 31.1 Å². The third-order valence-corrected chi connectivity index (χ3v) is 4.52. The first-order valence-electron chi connectivity index (χ1n) is 8.97. The average molecular weight is 369 g/mol. The maximum absolute atomic E-state index is 5.69. The summed E-state index contributed by atoms with van der Waals surface area (Å²) in [6, 6.07) is 3.82. The van der Waals surface area contributed by atoms with Gasteiger partial charge in [-0.05, 0) is 6.07 Å². The molecule has 3 aromatic rings. The minimum absolute atomic E-state index is 0.216. The second kappa shape index (κ2) is 6.94. The van der Waals surface area contributed by atoms with Gasteiger partial charge in [0.25, 0.3) is 0 Å². The Morgan fingerprint density at radius 2 is 1.93 bits per heavy atom. The van der Waals surface area contributed by atoms with Crippen molar-refractivity contribution in [1.82, 2.24) is 19.7 Å². The number of hydrogen-bond donors (Lipinski definition) is 1. The Labute approximate surface area is 157 Å². The Morgan fingerprint density at radius 3 is 2.63 bits per heavy atom. The largest absolute Gasteiger partial charge is 0.496 e. The first-order chi connectivity index (χ1) is 13.1. The number of nitrogens with zero attached hydrogens (tertiary/aromatic N) is 4. The smallest absolute Gasteiger partial charge is 0.165 e. The highest BCUT2D eigenvalue weighted by atomic mass is 16.6. The number of nitrogens with one attached hydrogen (secondary N) is 1. The predicted octanol–water partition coefficient (Wildman–Crippen LogP) is 2.88. The van der Waals surface area contributed by atoms with Crippen LogP contribution in [0.3, 0.4) is 0 Å². The third kappa shape index (κ3) is 3.22. The number of fused-ring (bicyclic) bond motifs is 2.